The van der Waals surface area contributed by atoms with Crippen LogP contribution in [0.4, 0.5) is 11.4 Å². The van der Waals surface area contributed by atoms with Gasteiger partial charge in [-0.3, -0.25) is 0 Å². The van der Waals surface area contributed by atoms with Gasteiger partial charge in [-0.05, 0) is 42.3 Å². The Balaban J connectivity index is 2.12. The number of allylic oxidation sites excluding steroid dienone is 4. The molecule has 0 saturated carbocycles. The van der Waals surface area contributed by atoms with Crippen LogP contribution in [0.3, 0.4) is 0 Å². The van der Waals surface area contributed by atoms with Crippen molar-refractivity contribution in [3.8, 4) is 0 Å². The fourth-order valence-corrected chi connectivity index (χ4v) is 2.41. The summed E-state index contributed by atoms with van der Waals surface area (Å²) in [5, 5.41) is 0. The lowest BCUT2D eigenvalue weighted by Crippen LogP contribution is -2.18. The Morgan fingerprint density at radius 3 is 1.85 bits per heavy atom. The van der Waals surface area contributed by atoms with Crippen LogP contribution in [0.15, 0.2) is 96.7 Å². The molecule has 0 saturated heterocycles. The number of nitrogens with zero attached hydrogens (tertiary/aromatic N) is 1. The largest absolute Gasteiger partial charge is 0.310 e. The van der Waals surface area contributed by atoms with Crippen molar-refractivity contribution in [1.29, 1.82) is 0 Å². The molecule has 0 fully saturated rings. The van der Waals surface area contributed by atoms with Crippen LogP contribution in [0.2, 0.25) is 0 Å². The van der Waals surface area contributed by atoms with E-state index in [4.69, 9.17) is 0 Å². The minimum atomic E-state index is 0.905. The Hall–Kier alpha value is -2.54. The molecular formula is C19H17N. The average Bonchev–Trinajstić information content (AvgIpc) is 2.52. The fourth-order valence-electron chi connectivity index (χ4n) is 2.41. The molecule has 0 spiro atoms. The summed E-state index contributed by atoms with van der Waals surface area (Å²) in [5.74, 6) is 0. The predicted octanol–water partition coefficient (Wildman–Crippen LogP) is 5.22. The molecule has 2 aromatic carbocycles. The topological polar surface area (TPSA) is 3.24 Å². The third kappa shape index (κ3) is 2.43. The summed E-state index contributed by atoms with van der Waals surface area (Å²) in [6.45, 7) is 4.21. The Labute approximate surface area is 120 Å². The molecular weight excluding hydrogens is 242 g/mol. The lowest BCUT2D eigenvalue weighted by molar-refractivity contribution is 1.10. The van der Waals surface area contributed by atoms with Crippen molar-refractivity contribution >= 4 is 11.4 Å². The van der Waals surface area contributed by atoms with E-state index in [0.29, 0.717) is 0 Å². The highest BCUT2D eigenvalue weighted by atomic mass is 15.1. The van der Waals surface area contributed by atoms with Crippen LogP contribution in [0.5, 0.6) is 0 Å². The molecule has 1 heteroatoms. The molecule has 0 atom stereocenters. The summed E-state index contributed by atoms with van der Waals surface area (Å²) in [7, 11) is 0. The van der Waals surface area contributed by atoms with Crippen LogP contribution in [-0.2, 0) is 0 Å². The standard InChI is InChI=1S/C19H17N/c1-16-10-8-9-15-19(16)20(17-11-4-2-5-12-17)18-13-6-3-7-14-18/h2-9,11-15H,1,10H2. The smallest absolute Gasteiger partial charge is 0.0490 e. The summed E-state index contributed by atoms with van der Waals surface area (Å²) in [6.07, 6.45) is 7.27. The van der Waals surface area contributed by atoms with Gasteiger partial charge < -0.3 is 4.90 Å². The van der Waals surface area contributed by atoms with Crippen LogP contribution in [0, 0.1) is 0 Å². The zero-order chi connectivity index (χ0) is 13.8. The molecule has 0 radical (unpaired) electrons. The lowest BCUT2D eigenvalue weighted by atomic mass is 10.0. The van der Waals surface area contributed by atoms with Crippen molar-refractivity contribution in [3.05, 3.63) is 96.7 Å². The van der Waals surface area contributed by atoms with E-state index >= 15 is 0 Å². The van der Waals surface area contributed by atoms with Crippen LogP contribution in [-0.4, -0.2) is 0 Å². The van der Waals surface area contributed by atoms with E-state index in [1.54, 1.807) is 0 Å². The van der Waals surface area contributed by atoms with Gasteiger partial charge in [0, 0.05) is 17.1 Å². The quantitative estimate of drug-likeness (QED) is 0.730. The van der Waals surface area contributed by atoms with E-state index in [-0.39, 0.29) is 0 Å². The zero-order valence-corrected chi connectivity index (χ0v) is 11.4. The summed E-state index contributed by atoms with van der Waals surface area (Å²) < 4.78 is 0. The van der Waals surface area contributed by atoms with Gasteiger partial charge >= 0.3 is 0 Å². The minimum Gasteiger partial charge on any atom is -0.310 e. The summed E-state index contributed by atoms with van der Waals surface area (Å²) in [4.78, 5) is 2.26. The van der Waals surface area contributed by atoms with Crippen molar-refractivity contribution in [2.75, 3.05) is 4.90 Å². The molecule has 2 aromatic rings. The van der Waals surface area contributed by atoms with Crippen LogP contribution < -0.4 is 4.90 Å². The molecule has 0 heterocycles. The van der Waals surface area contributed by atoms with Gasteiger partial charge in [-0.1, -0.05) is 55.1 Å². The first-order chi connectivity index (χ1) is 9.86. The average molecular weight is 259 g/mol. The molecule has 0 N–H and O–H groups in total. The van der Waals surface area contributed by atoms with Crippen molar-refractivity contribution in [2.24, 2.45) is 0 Å². The van der Waals surface area contributed by atoms with Crippen LogP contribution in [0.1, 0.15) is 6.42 Å². The van der Waals surface area contributed by atoms with Crippen molar-refractivity contribution in [3.63, 3.8) is 0 Å². The molecule has 1 aliphatic rings. The maximum atomic E-state index is 4.21. The molecule has 0 amide bonds. The Morgan fingerprint density at radius 1 is 0.800 bits per heavy atom. The highest BCUT2D eigenvalue weighted by Gasteiger charge is 2.17. The fraction of sp³-hybridized carbons (Fsp3) is 0.0526. The first-order valence-electron chi connectivity index (χ1n) is 6.81. The molecule has 1 nitrogen and oxygen atoms in total. The number of benzene rings is 2. The Kier molecular flexibility index (Phi) is 3.51. The van der Waals surface area contributed by atoms with E-state index in [9.17, 15) is 0 Å². The van der Waals surface area contributed by atoms with Crippen LogP contribution >= 0.6 is 0 Å². The lowest BCUT2D eigenvalue weighted by Gasteiger charge is -2.29. The zero-order valence-electron chi connectivity index (χ0n) is 11.4. The highest BCUT2D eigenvalue weighted by molar-refractivity contribution is 5.71. The first-order valence-corrected chi connectivity index (χ1v) is 6.81. The van der Waals surface area contributed by atoms with Gasteiger partial charge in [-0.2, -0.15) is 0 Å². The van der Waals surface area contributed by atoms with E-state index < -0.39 is 0 Å². The van der Waals surface area contributed by atoms with Crippen molar-refractivity contribution in [1.82, 2.24) is 0 Å². The molecule has 0 aromatic heterocycles. The monoisotopic (exact) mass is 259 g/mol. The van der Waals surface area contributed by atoms with Crippen molar-refractivity contribution in [2.45, 2.75) is 6.42 Å². The second kappa shape index (κ2) is 5.62. The number of hydrogen-bond acceptors (Lipinski definition) is 1. The molecule has 3 rings (SSSR count). The van der Waals surface area contributed by atoms with Crippen LogP contribution in [0.25, 0.3) is 0 Å². The molecule has 0 aliphatic heterocycles. The summed E-state index contributed by atoms with van der Waals surface area (Å²) in [5.41, 5.74) is 4.60. The van der Waals surface area contributed by atoms with Gasteiger partial charge in [0.2, 0.25) is 0 Å². The third-order valence-corrected chi connectivity index (χ3v) is 3.39. The SMILES string of the molecule is C=C1CC=CC=C1N(c1ccccc1)c1ccccc1. The first kappa shape index (κ1) is 12.5. The van der Waals surface area contributed by atoms with Gasteiger partial charge in [-0.15, -0.1) is 0 Å². The number of anilines is 2. The Morgan fingerprint density at radius 2 is 1.35 bits per heavy atom. The number of para-hydroxylation sites is 2. The second-order valence-electron chi connectivity index (χ2n) is 4.79. The highest BCUT2D eigenvalue weighted by Crippen LogP contribution is 2.34. The normalized spacial score (nSPS) is 14.0. The number of hydrogen-bond donors (Lipinski definition) is 0. The van der Waals surface area contributed by atoms with Gasteiger partial charge in [0.15, 0.2) is 0 Å². The van der Waals surface area contributed by atoms with E-state index in [2.05, 4.69) is 78.2 Å². The van der Waals surface area contributed by atoms with Gasteiger partial charge in [0.05, 0.1) is 0 Å². The maximum absolute atomic E-state index is 4.21. The molecule has 0 unspecified atom stereocenters. The molecule has 20 heavy (non-hydrogen) atoms. The third-order valence-electron chi connectivity index (χ3n) is 3.39. The summed E-state index contributed by atoms with van der Waals surface area (Å²) in [6, 6.07) is 20.8. The number of rotatable bonds is 3. The van der Waals surface area contributed by atoms with E-state index in [1.165, 1.54) is 0 Å². The molecule has 1 aliphatic carbocycles. The van der Waals surface area contributed by atoms with Gasteiger partial charge in [-0.25, -0.2) is 0 Å². The Bertz CT molecular complexity index is 611. The van der Waals surface area contributed by atoms with E-state index in [0.717, 1.165) is 29.1 Å². The summed E-state index contributed by atoms with van der Waals surface area (Å²) >= 11 is 0. The van der Waals surface area contributed by atoms with Gasteiger partial charge in [0.1, 0.15) is 0 Å². The maximum Gasteiger partial charge on any atom is 0.0490 e. The minimum absolute atomic E-state index is 0.905. The second-order valence-corrected chi connectivity index (χ2v) is 4.79. The van der Waals surface area contributed by atoms with Gasteiger partial charge in [0.25, 0.3) is 0 Å². The molecule has 98 valence electrons. The molecule has 0 bridgehead atoms. The van der Waals surface area contributed by atoms with E-state index in [1.807, 2.05) is 12.1 Å². The predicted molar refractivity (Wildman–Crippen MR) is 86.0 cm³/mol. The van der Waals surface area contributed by atoms with Crippen molar-refractivity contribution < 1.29 is 0 Å².